The normalized spacial score (nSPS) is 10.1. The van der Waals surface area contributed by atoms with Gasteiger partial charge in [0.2, 0.25) is 0 Å². The van der Waals surface area contributed by atoms with Crippen molar-refractivity contribution in [3.8, 4) is 0 Å². The van der Waals surface area contributed by atoms with E-state index in [1.54, 1.807) is 16.7 Å². The number of hydrogen-bond donors (Lipinski definition) is 1. The number of nitrogens with two attached hydrogens (primary N) is 1. The van der Waals surface area contributed by atoms with Gasteiger partial charge in [-0.05, 0) is 36.9 Å². The fourth-order valence-corrected chi connectivity index (χ4v) is 2.19. The lowest BCUT2D eigenvalue weighted by Gasteiger charge is -2.21. The summed E-state index contributed by atoms with van der Waals surface area (Å²) in [6, 6.07) is 7.58. The van der Waals surface area contributed by atoms with Crippen molar-refractivity contribution >= 4 is 34.9 Å². The van der Waals surface area contributed by atoms with Gasteiger partial charge in [-0.15, -0.1) is 11.8 Å². The van der Waals surface area contributed by atoms with Gasteiger partial charge in [-0.3, -0.25) is 4.79 Å². The average Bonchev–Trinajstić information content (AvgIpc) is 2.37. The van der Waals surface area contributed by atoms with E-state index in [0.29, 0.717) is 23.6 Å². The van der Waals surface area contributed by atoms with E-state index < -0.39 is 0 Å². The van der Waals surface area contributed by atoms with Gasteiger partial charge >= 0.3 is 0 Å². The zero-order valence-corrected chi connectivity index (χ0v) is 12.3. The number of nitrogens with zero attached hydrogens (tertiary/aromatic N) is 1. The number of thiocarbonyl (C=S) groups is 1. The second-order valence-electron chi connectivity index (χ2n) is 3.92. The number of benzene rings is 1. The SMILES string of the molecule is CCCN(CC(N)=S)C(=O)c1ccc(SC)cc1. The van der Waals surface area contributed by atoms with Crippen molar-refractivity contribution in [1.82, 2.24) is 4.90 Å². The van der Waals surface area contributed by atoms with Crippen LogP contribution in [0.1, 0.15) is 23.7 Å². The maximum atomic E-state index is 12.3. The van der Waals surface area contributed by atoms with E-state index in [2.05, 4.69) is 0 Å². The van der Waals surface area contributed by atoms with Crippen molar-refractivity contribution in [2.75, 3.05) is 19.3 Å². The number of carbonyl (C=O) groups is 1. The summed E-state index contributed by atoms with van der Waals surface area (Å²) in [5.74, 6) is -0.0164. The van der Waals surface area contributed by atoms with Crippen LogP contribution in [0.15, 0.2) is 29.2 Å². The molecule has 0 radical (unpaired) electrons. The fourth-order valence-electron chi connectivity index (χ4n) is 1.63. The van der Waals surface area contributed by atoms with E-state index in [1.807, 2.05) is 37.4 Å². The van der Waals surface area contributed by atoms with Crippen molar-refractivity contribution in [3.05, 3.63) is 29.8 Å². The minimum absolute atomic E-state index is 0.0164. The third kappa shape index (κ3) is 4.31. The molecule has 1 aromatic carbocycles. The van der Waals surface area contributed by atoms with E-state index in [0.717, 1.165) is 11.3 Å². The molecular formula is C13H18N2OS2. The zero-order chi connectivity index (χ0) is 13.5. The molecule has 0 aromatic heterocycles. The second-order valence-corrected chi connectivity index (χ2v) is 5.33. The summed E-state index contributed by atoms with van der Waals surface area (Å²) in [6.07, 6.45) is 2.89. The molecule has 0 aliphatic rings. The Kier molecular flexibility index (Phi) is 6.15. The number of hydrogen-bond acceptors (Lipinski definition) is 3. The molecule has 1 rings (SSSR count). The molecular weight excluding hydrogens is 264 g/mol. The smallest absolute Gasteiger partial charge is 0.254 e. The molecule has 0 saturated heterocycles. The Balaban J connectivity index is 2.83. The van der Waals surface area contributed by atoms with Gasteiger partial charge in [-0.25, -0.2) is 0 Å². The van der Waals surface area contributed by atoms with E-state index in [4.69, 9.17) is 18.0 Å². The Bertz CT molecular complexity index is 418. The van der Waals surface area contributed by atoms with Gasteiger partial charge in [-0.1, -0.05) is 19.1 Å². The Morgan fingerprint density at radius 2 is 2.00 bits per heavy atom. The monoisotopic (exact) mass is 282 g/mol. The van der Waals surface area contributed by atoms with Crippen LogP contribution in [-0.2, 0) is 0 Å². The Morgan fingerprint density at radius 1 is 1.39 bits per heavy atom. The fraction of sp³-hybridized carbons (Fsp3) is 0.385. The summed E-state index contributed by atoms with van der Waals surface area (Å²) in [4.78, 5) is 15.5. The quantitative estimate of drug-likeness (QED) is 0.643. The molecule has 0 saturated carbocycles. The molecule has 0 unspecified atom stereocenters. The number of thioether (sulfide) groups is 1. The molecule has 0 fully saturated rings. The van der Waals surface area contributed by atoms with Gasteiger partial charge in [0.05, 0.1) is 11.5 Å². The Hall–Kier alpha value is -1.07. The number of amides is 1. The van der Waals surface area contributed by atoms with Crippen LogP contribution in [0.5, 0.6) is 0 Å². The summed E-state index contributed by atoms with van der Waals surface area (Å²) in [7, 11) is 0. The van der Waals surface area contributed by atoms with Crippen molar-refractivity contribution in [1.29, 1.82) is 0 Å². The summed E-state index contributed by atoms with van der Waals surface area (Å²) < 4.78 is 0. The third-order valence-corrected chi connectivity index (χ3v) is 3.34. The molecule has 0 bridgehead atoms. The first-order valence-electron chi connectivity index (χ1n) is 5.80. The maximum Gasteiger partial charge on any atom is 0.254 e. The summed E-state index contributed by atoms with van der Waals surface area (Å²) in [5, 5.41) is 0. The maximum absolute atomic E-state index is 12.3. The van der Waals surface area contributed by atoms with Crippen LogP contribution in [-0.4, -0.2) is 35.1 Å². The highest BCUT2D eigenvalue weighted by molar-refractivity contribution is 7.98. The molecule has 5 heteroatoms. The lowest BCUT2D eigenvalue weighted by molar-refractivity contribution is 0.0780. The van der Waals surface area contributed by atoms with Gasteiger partial charge in [0.25, 0.3) is 5.91 Å². The average molecular weight is 282 g/mol. The molecule has 0 aliphatic carbocycles. The molecule has 0 heterocycles. The summed E-state index contributed by atoms with van der Waals surface area (Å²) in [5.41, 5.74) is 6.20. The molecule has 1 aromatic rings. The molecule has 2 N–H and O–H groups in total. The standard InChI is InChI=1S/C13H18N2OS2/c1-3-8-15(9-12(14)17)13(16)10-4-6-11(18-2)7-5-10/h4-7H,3,8-9H2,1-2H3,(H2,14,17). The predicted octanol–water partition coefficient (Wildman–Crippen LogP) is 2.55. The Morgan fingerprint density at radius 3 is 2.44 bits per heavy atom. The number of carbonyl (C=O) groups excluding carboxylic acids is 1. The minimum Gasteiger partial charge on any atom is -0.392 e. The van der Waals surface area contributed by atoms with Gasteiger partial charge in [-0.2, -0.15) is 0 Å². The Labute approximate surface area is 118 Å². The van der Waals surface area contributed by atoms with E-state index in [-0.39, 0.29) is 5.91 Å². The highest BCUT2D eigenvalue weighted by Gasteiger charge is 2.15. The minimum atomic E-state index is -0.0164. The predicted molar refractivity (Wildman–Crippen MR) is 81.2 cm³/mol. The van der Waals surface area contributed by atoms with Crippen LogP contribution in [0.3, 0.4) is 0 Å². The topological polar surface area (TPSA) is 46.3 Å². The van der Waals surface area contributed by atoms with Crippen LogP contribution in [0.25, 0.3) is 0 Å². The summed E-state index contributed by atoms with van der Waals surface area (Å²) in [6.45, 7) is 3.03. The lowest BCUT2D eigenvalue weighted by atomic mass is 10.2. The first kappa shape index (κ1) is 15.0. The zero-order valence-electron chi connectivity index (χ0n) is 10.7. The van der Waals surface area contributed by atoms with E-state index in [9.17, 15) is 4.79 Å². The van der Waals surface area contributed by atoms with Crippen LogP contribution in [0, 0.1) is 0 Å². The first-order chi connectivity index (χ1) is 8.58. The van der Waals surface area contributed by atoms with Gasteiger partial charge < -0.3 is 10.6 Å². The molecule has 3 nitrogen and oxygen atoms in total. The third-order valence-electron chi connectivity index (χ3n) is 2.46. The number of rotatable bonds is 6. The van der Waals surface area contributed by atoms with Crippen LogP contribution >= 0.6 is 24.0 Å². The van der Waals surface area contributed by atoms with Gasteiger partial charge in [0, 0.05) is 17.0 Å². The van der Waals surface area contributed by atoms with Crippen molar-refractivity contribution in [3.63, 3.8) is 0 Å². The molecule has 0 spiro atoms. The van der Waals surface area contributed by atoms with Crippen LogP contribution in [0.4, 0.5) is 0 Å². The van der Waals surface area contributed by atoms with E-state index >= 15 is 0 Å². The van der Waals surface area contributed by atoms with Crippen LogP contribution < -0.4 is 5.73 Å². The first-order valence-corrected chi connectivity index (χ1v) is 7.43. The lowest BCUT2D eigenvalue weighted by Crippen LogP contribution is -2.38. The van der Waals surface area contributed by atoms with Crippen molar-refractivity contribution < 1.29 is 4.79 Å². The highest BCUT2D eigenvalue weighted by Crippen LogP contribution is 2.16. The molecule has 0 atom stereocenters. The van der Waals surface area contributed by atoms with Crippen LogP contribution in [0.2, 0.25) is 0 Å². The molecule has 1 amide bonds. The van der Waals surface area contributed by atoms with E-state index in [1.165, 1.54) is 0 Å². The molecule has 18 heavy (non-hydrogen) atoms. The second kappa shape index (κ2) is 7.38. The summed E-state index contributed by atoms with van der Waals surface area (Å²) >= 11 is 6.53. The van der Waals surface area contributed by atoms with Gasteiger partial charge in [0.1, 0.15) is 0 Å². The van der Waals surface area contributed by atoms with Crippen molar-refractivity contribution in [2.45, 2.75) is 18.2 Å². The molecule has 98 valence electrons. The van der Waals surface area contributed by atoms with Gasteiger partial charge in [0.15, 0.2) is 0 Å². The highest BCUT2D eigenvalue weighted by atomic mass is 32.2. The van der Waals surface area contributed by atoms with Crippen molar-refractivity contribution in [2.24, 2.45) is 5.73 Å². The largest absolute Gasteiger partial charge is 0.392 e. The molecule has 0 aliphatic heterocycles.